The Hall–Kier alpha value is -2.15. The Bertz CT molecular complexity index is 502. The van der Waals surface area contributed by atoms with Crippen molar-refractivity contribution in [2.75, 3.05) is 20.6 Å². The predicted molar refractivity (Wildman–Crippen MR) is 74.9 cm³/mol. The van der Waals surface area contributed by atoms with Gasteiger partial charge in [0.1, 0.15) is 0 Å². The number of carbonyl (C=O) groups excluding carboxylic acids is 1. The maximum absolute atomic E-state index is 11.9. The van der Waals surface area contributed by atoms with E-state index in [0.29, 0.717) is 0 Å². The number of nitrogens with one attached hydrogen (secondary N) is 1. The van der Waals surface area contributed by atoms with Gasteiger partial charge in [-0.25, -0.2) is 0 Å². The van der Waals surface area contributed by atoms with Gasteiger partial charge >= 0.3 is 5.69 Å². The van der Waals surface area contributed by atoms with Crippen LogP contribution in [0.25, 0.3) is 0 Å². The van der Waals surface area contributed by atoms with Gasteiger partial charge in [-0.2, -0.15) is 0 Å². The normalized spacial score (nSPS) is 12.2. The van der Waals surface area contributed by atoms with E-state index >= 15 is 0 Å². The zero-order valence-electron chi connectivity index (χ0n) is 11.8. The van der Waals surface area contributed by atoms with Gasteiger partial charge in [0.25, 0.3) is 5.91 Å². The summed E-state index contributed by atoms with van der Waals surface area (Å²) in [5, 5.41) is 22.8. The summed E-state index contributed by atoms with van der Waals surface area (Å²) in [5.41, 5.74) is -0.216. The molecule has 0 aliphatic rings. The lowest BCUT2D eigenvalue weighted by atomic mass is 10.1. The highest BCUT2D eigenvalue weighted by molar-refractivity contribution is 5.95. The van der Waals surface area contributed by atoms with Gasteiger partial charge in [0.15, 0.2) is 5.75 Å². The molecule has 0 spiro atoms. The van der Waals surface area contributed by atoms with Gasteiger partial charge in [-0.1, -0.05) is 0 Å². The number of amides is 1. The minimum atomic E-state index is -0.698. The highest BCUT2D eigenvalue weighted by Gasteiger charge is 2.17. The lowest BCUT2D eigenvalue weighted by molar-refractivity contribution is -0.385. The van der Waals surface area contributed by atoms with E-state index in [4.69, 9.17) is 0 Å². The van der Waals surface area contributed by atoms with Crippen molar-refractivity contribution in [2.45, 2.75) is 19.4 Å². The number of carbonyl (C=O) groups is 1. The van der Waals surface area contributed by atoms with E-state index in [9.17, 15) is 20.0 Å². The summed E-state index contributed by atoms with van der Waals surface area (Å²) in [4.78, 5) is 23.8. The first kappa shape index (κ1) is 15.9. The molecule has 0 saturated heterocycles. The van der Waals surface area contributed by atoms with Crippen molar-refractivity contribution in [1.29, 1.82) is 0 Å². The molecular weight excluding hydrogens is 262 g/mol. The second-order valence-corrected chi connectivity index (χ2v) is 4.93. The number of nitro benzene ring substituents is 1. The number of phenols is 1. The molecule has 7 nitrogen and oxygen atoms in total. The van der Waals surface area contributed by atoms with Gasteiger partial charge in [-0.3, -0.25) is 14.9 Å². The summed E-state index contributed by atoms with van der Waals surface area (Å²) >= 11 is 0. The number of rotatable bonds is 6. The summed E-state index contributed by atoms with van der Waals surface area (Å²) in [6.45, 7) is 2.72. The maximum Gasteiger partial charge on any atom is 0.310 e. The fourth-order valence-corrected chi connectivity index (χ4v) is 1.65. The van der Waals surface area contributed by atoms with Crippen LogP contribution in [0.3, 0.4) is 0 Å². The fraction of sp³-hybridized carbons (Fsp3) is 0.462. The topological polar surface area (TPSA) is 95.7 Å². The highest BCUT2D eigenvalue weighted by atomic mass is 16.6. The average Bonchev–Trinajstić information content (AvgIpc) is 2.35. The number of hydrogen-bond donors (Lipinski definition) is 2. The summed E-state index contributed by atoms with van der Waals surface area (Å²) < 4.78 is 0. The molecule has 2 N–H and O–H groups in total. The predicted octanol–water partition coefficient (Wildman–Crippen LogP) is 1.37. The molecule has 0 saturated carbocycles. The molecule has 1 aromatic rings. The highest BCUT2D eigenvalue weighted by Crippen LogP contribution is 2.26. The summed E-state index contributed by atoms with van der Waals surface area (Å²) in [6, 6.07) is 3.52. The third-order valence-corrected chi connectivity index (χ3v) is 2.82. The molecule has 0 aliphatic heterocycles. The van der Waals surface area contributed by atoms with Crippen molar-refractivity contribution in [3.05, 3.63) is 33.9 Å². The van der Waals surface area contributed by atoms with Crippen molar-refractivity contribution in [3.63, 3.8) is 0 Å². The SMILES string of the molecule is CC(CCN(C)C)NC(=O)c1ccc([N+](=O)[O-])c(O)c1. The van der Waals surface area contributed by atoms with Crippen LogP contribution in [0.2, 0.25) is 0 Å². The quantitative estimate of drug-likeness (QED) is 0.606. The van der Waals surface area contributed by atoms with Crippen LogP contribution in [0, 0.1) is 10.1 Å². The van der Waals surface area contributed by atoms with Crippen LogP contribution in [0.1, 0.15) is 23.7 Å². The number of benzene rings is 1. The maximum atomic E-state index is 11.9. The first-order valence-corrected chi connectivity index (χ1v) is 6.24. The van der Waals surface area contributed by atoms with Gasteiger partial charge in [0.05, 0.1) is 4.92 Å². The largest absolute Gasteiger partial charge is 0.502 e. The van der Waals surface area contributed by atoms with E-state index in [1.54, 1.807) is 0 Å². The van der Waals surface area contributed by atoms with E-state index < -0.39 is 16.4 Å². The molecule has 0 aromatic heterocycles. The van der Waals surface area contributed by atoms with E-state index in [1.807, 2.05) is 25.9 Å². The Morgan fingerprint density at radius 3 is 2.65 bits per heavy atom. The van der Waals surface area contributed by atoms with Crippen LogP contribution in [-0.4, -0.2) is 47.5 Å². The Morgan fingerprint density at radius 1 is 1.50 bits per heavy atom. The molecule has 1 rings (SSSR count). The molecule has 1 atom stereocenters. The lowest BCUT2D eigenvalue weighted by Gasteiger charge is -2.16. The zero-order chi connectivity index (χ0) is 15.3. The molecule has 1 aromatic carbocycles. The van der Waals surface area contributed by atoms with Crippen LogP contribution >= 0.6 is 0 Å². The summed E-state index contributed by atoms with van der Waals surface area (Å²) in [5.74, 6) is -0.870. The second-order valence-electron chi connectivity index (χ2n) is 4.93. The van der Waals surface area contributed by atoms with E-state index in [1.165, 1.54) is 6.07 Å². The first-order valence-electron chi connectivity index (χ1n) is 6.24. The minimum absolute atomic E-state index is 0.0257. The van der Waals surface area contributed by atoms with Crippen LogP contribution in [-0.2, 0) is 0 Å². The molecule has 0 fully saturated rings. The zero-order valence-corrected chi connectivity index (χ0v) is 11.8. The third kappa shape index (κ3) is 4.51. The lowest BCUT2D eigenvalue weighted by Crippen LogP contribution is -2.34. The van der Waals surface area contributed by atoms with Crippen molar-refractivity contribution >= 4 is 11.6 Å². The van der Waals surface area contributed by atoms with Crippen LogP contribution in [0.5, 0.6) is 5.75 Å². The van der Waals surface area contributed by atoms with Crippen molar-refractivity contribution in [2.24, 2.45) is 0 Å². The molecule has 110 valence electrons. The number of phenolic OH excluding ortho intramolecular Hbond substituents is 1. The molecule has 0 bridgehead atoms. The van der Waals surface area contributed by atoms with Crippen molar-refractivity contribution in [1.82, 2.24) is 10.2 Å². The monoisotopic (exact) mass is 281 g/mol. The number of nitro groups is 1. The molecule has 0 radical (unpaired) electrons. The molecule has 0 aliphatic carbocycles. The smallest absolute Gasteiger partial charge is 0.310 e. The van der Waals surface area contributed by atoms with Gasteiger partial charge in [-0.05, 0) is 46.1 Å². The number of aromatic hydroxyl groups is 1. The van der Waals surface area contributed by atoms with Gasteiger partial charge in [0, 0.05) is 17.7 Å². The third-order valence-electron chi connectivity index (χ3n) is 2.82. The van der Waals surface area contributed by atoms with Gasteiger partial charge in [0.2, 0.25) is 0 Å². The van der Waals surface area contributed by atoms with Crippen LogP contribution < -0.4 is 5.32 Å². The Morgan fingerprint density at radius 2 is 2.15 bits per heavy atom. The number of hydrogen-bond acceptors (Lipinski definition) is 5. The second kappa shape index (κ2) is 6.85. The van der Waals surface area contributed by atoms with E-state index in [-0.39, 0.29) is 17.5 Å². The Balaban J connectivity index is 2.68. The van der Waals surface area contributed by atoms with E-state index in [2.05, 4.69) is 5.32 Å². The molecule has 0 heterocycles. The molecule has 20 heavy (non-hydrogen) atoms. The molecule has 1 amide bonds. The fourth-order valence-electron chi connectivity index (χ4n) is 1.65. The number of nitrogens with zero attached hydrogens (tertiary/aromatic N) is 2. The van der Waals surface area contributed by atoms with E-state index in [0.717, 1.165) is 25.1 Å². The molecule has 1 unspecified atom stereocenters. The van der Waals surface area contributed by atoms with Crippen molar-refractivity contribution in [3.8, 4) is 5.75 Å². The minimum Gasteiger partial charge on any atom is -0.502 e. The standard InChI is InChI=1S/C13H19N3O4/c1-9(6-7-15(2)3)14-13(18)10-4-5-11(16(19)20)12(17)8-10/h4-5,8-9,17H,6-7H2,1-3H3,(H,14,18). The Kier molecular flexibility index (Phi) is 5.45. The summed E-state index contributed by atoms with van der Waals surface area (Å²) in [7, 11) is 3.89. The summed E-state index contributed by atoms with van der Waals surface area (Å²) in [6.07, 6.45) is 0.789. The van der Waals surface area contributed by atoms with Gasteiger partial charge < -0.3 is 15.3 Å². The van der Waals surface area contributed by atoms with Crippen molar-refractivity contribution < 1.29 is 14.8 Å². The van der Waals surface area contributed by atoms with Crippen LogP contribution in [0.15, 0.2) is 18.2 Å². The average molecular weight is 281 g/mol. The first-order chi connectivity index (χ1) is 9.31. The Labute approximate surface area is 117 Å². The molecule has 7 heteroatoms. The van der Waals surface area contributed by atoms with Crippen LogP contribution in [0.4, 0.5) is 5.69 Å². The molecular formula is C13H19N3O4. The van der Waals surface area contributed by atoms with Gasteiger partial charge in [-0.15, -0.1) is 0 Å².